The molecule has 6 heteroatoms. The molecule has 0 saturated heterocycles. The van der Waals surface area contributed by atoms with Crippen LogP contribution in [0.15, 0.2) is 60.8 Å². The van der Waals surface area contributed by atoms with Crippen LogP contribution in [0.2, 0.25) is 0 Å². The first-order valence-electron chi connectivity index (χ1n) is 32.6. The number of ether oxygens (including phenoxy) is 1. The van der Waals surface area contributed by atoms with Crippen molar-refractivity contribution in [1.82, 2.24) is 5.32 Å². The number of nitrogens with one attached hydrogen (secondary N) is 1. The highest BCUT2D eigenvalue weighted by Gasteiger charge is 2.18. The van der Waals surface area contributed by atoms with Gasteiger partial charge in [0.05, 0.1) is 25.4 Å². The maximum atomic E-state index is 12.5. The second-order valence-corrected chi connectivity index (χ2v) is 22.1. The first kappa shape index (κ1) is 71.6. The van der Waals surface area contributed by atoms with Crippen LogP contribution >= 0.6 is 0 Å². The molecule has 6 nitrogen and oxygen atoms in total. The molecular formula is C68H125NO5. The quantitative estimate of drug-likeness (QED) is 0.0320. The van der Waals surface area contributed by atoms with Crippen molar-refractivity contribution in [3.63, 3.8) is 0 Å². The number of allylic oxidation sites excluding steroid dienone is 9. The Morgan fingerprint density at radius 3 is 1.08 bits per heavy atom. The van der Waals surface area contributed by atoms with Crippen molar-refractivity contribution < 1.29 is 24.5 Å². The summed E-state index contributed by atoms with van der Waals surface area (Å²) >= 11 is 0. The van der Waals surface area contributed by atoms with E-state index in [0.717, 1.165) is 57.8 Å². The first-order valence-corrected chi connectivity index (χ1v) is 32.6. The lowest BCUT2D eigenvalue weighted by Crippen LogP contribution is -2.45. The number of hydrogen-bond donors (Lipinski definition) is 3. The van der Waals surface area contributed by atoms with E-state index in [1.165, 1.54) is 250 Å². The number of esters is 1. The number of amides is 1. The van der Waals surface area contributed by atoms with Crippen molar-refractivity contribution in [2.24, 2.45) is 0 Å². The predicted molar refractivity (Wildman–Crippen MR) is 324 cm³/mol. The normalized spacial score (nSPS) is 13.0. The van der Waals surface area contributed by atoms with Crippen molar-refractivity contribution in [2.75, 3.05) is 13.2 Å². The summed E-state index contributed by atoms with van der Waals surface area (Å²) in [5.74, 6) is -0.0757. The van der Waals surface area contributed by atoms with Crippen molar-refractivity contribution >= 4 is 11.9 Å². The van der Waals surface area contributed by atoms with E-state index in [0.29, 0.717) is 19.4 Å². The van der Waals surface area contributed by atoms with Crippen LogP contribution in [0.4, 0.5) is 0 Å². The molecule has 0 aromatic carbocycles. The molecule has 74 heavy (non-hydrogen) atoms. The predicted octanol–water partition coefficient (Wildman–Crippen LogP) is 20.7. The molecule has 1 amide bonds. The molecule has 0 heterocycles. The summed E-state index contributed by atoms with van der Waals surface area (Å²) in [7, 11) is 0. The van der Waals surface area contributed by atoms with Crippen molar-refractivity contribution in [3.8, 4) is 0 Å². The molecule has 0 aliphatic rings. The van der Waals surface area contributed by atoms with Gasteiger partial charge in [0.2, 0.25) is 5.91 Å². The number of aliphatic hydroxyl groups excluding tert-OH is 2. The van der Waals surface area contributed by atoms with Crippen molar-refractivity contribution in [3.05, 3.63) is 60.8 Å². The van der Waals surface area contributed by atoms with Crippen LogP contribution in [-0.2, 0) is 14.3 Å². The third kappa shape index (κ3) is 58.8. The lowest BCUT2D eigenvalue weighted by molar-refractivity contribution is -0.143. The molecule has 2 atom stereocenters. The summed E-state index contributed by atoms with van der Waals surface area (Å²) in [5, 5.41) is 23.2. The Morgan fingerprint density at radius 2 is 0.703 bits per heavy atom. The highest BCUT2D eigenvalue weighted by molar-refractivity contribution is 5.76. The lowest BCUT2D eigenvalue weighted by atomic mass is 10.0. The number of carbonyl (C=O) groups excluding carboxylic acids is 2. The molecular weight excluding hydrogens is 911 g/mol. The van der Waals surface area contributed by atoms with E-state index in [4.69, 9.17) is 4.74 Å². The van der Waals surface area contributed by atoms with Gasteiger partial charge in [0, 0.05) is 12.8 Å². The molecule has 0 aromatic heterocycles. The van der Waals surface area contributed by atoms with Crippen molar-refractivity contribution in [2.45, 2.75) is 347 Å². The van der Waals surface area contributed by atoms with Gasteiger partial charge in [-0.3, -0.25) is 9.59 Å². The van der Waals surface area contributed by atoms with E-state index in [1.54, 1.807) is 6.08 Å². The van der Waals surface area contributed by atoms with Gasteiger partial charge < -0.3 is 20.3 Å². The Hall–Kier alpha value is -2.44. The fourth-order valence-electron chi connectivity index (χ4n) is 9.76. The maximum Gasteiger partial charge on any atom is 0.305 e. The van der Waals surface area contributed by atoms with Crippen LogP contribution in [0.1, 0.15) is 335 Å². The highest BCUT2D eigenvalue weighted by atomic mass is 16.5. The molecule has 0 aromatic rings. The third-order valence-corrected chi connectivity index (χ3v) is 14.7. The monoisotopic (exact) mass is 1040 g/mol. The molecule has 0 radical (unpaired) electrons. The first-order chi connectivity index (χ1) is 36.5. The standard InChI is InChI=1S/C68H125NO5/c1-3-5-7-9-11-13-15-17-18-30-33-37-40-44-48-52-56-60-66(71)65(64-70)69-67(72)61-57-53-49-45-41-38-34-31-28-26-24-22-20-19-21-23-25-27-29-32-35-39-43-47-51-55-59-63-74-68(73)62-58-54-50-46-42-36-16-14-12-10-8-6-4-2/h8,10,14,16,19-20,23,25,56,60,65-66,70-71H,3-7,9,11-13,15,17-18,21-22,24,26-55,57-59,61-64H2,1-2H3,(H,69,72)/b10-8-,16-14-,20-19-,25-23-,60-56+. The Kier molecular flexibility index (Phi) is 61.0. The van der Waals surface area contributed by atoms with Gasteiger partial charge in [0.15, 0.2) is 0 Å². The van der Waals surface area contributed by atoms with E-state index < -0.39 is 12.1 Å². The molecule has 0 saturated carbocycles. The minimum atomic E-state index is -0.848. The van der Waals surface area contributed by atoms with Crippen LogP contribution < -0.4 is 5.32 Å². The summed E-state index contributed by atoms with van der Waals surface area (Å²) in [4.78, 5) is 24.5. The van der Waals surface area contributed by atoms with Crippen LogP contribution in [0, 0.1) is 0 Å². The summed E-state index contributed by atoms with van der Waals surface area (Å²) in [6.07, 6.45) is 82.7. The van der Waals surface area contributed by atoms with Crippen LogP contribution in [0.5, 0.6) is 0 Å². The summed E-state index contributed by atoms with van der Waals surface area (Å²) in [6, 6.07) is -0.632. The smallest absolute Gasteiger partial charge is 0.305 e. The average Bonchev–Trinajstić information content (AvgIpc) is 3.40. The van der Waals surface area contributed by atoms with Gasteiger partial charge in [-0.2, -0.15) is 0 Å². The Labute approximate surface area is 460 Å². The zero-order valence-corrected chi connectivity index (χ0v) is 49.3. The average molecular weight is 1040 g/mol. The fourth-order valence-corrected chi connectivity index (χ4v) is 9.76. The minimum Gasteiger partial charge on any atom is -0.466 e. The molecule has 2 unspecified atom stereocenters. The van der Waals surface area contributed by atoms with Gasteiger partial charge in [0.25, 0.3) is 0 Å². The Bertz CT molecular complexity index is 1290. The van der Waals surface area contributed by atoms with Gasteiger partial charge >= 0.3 is 5.97 Å². The number of rotatable bonds is 60. The lowest BCUT2D eigenvalue weighted by Gasteiger charge is -2.20. The van der Waals surface area contributed by atoms with Gasteiger partial charge in [0.1, 0.15) is 0 Å². The fraction of sp³-hybridized carbons (Fsp3) is 0.824. The number of unbranched alkanes of at least 4 members (excludes halogenated alkanes) is 41. The van der Waals surface area contributed by atoms with Gasteiger partial charge in [-0.25, -0.2) is 0 Å². The van der Waals surface area contributed by atoms with Gasteiger partial charge in [-0.05, 0) is 89.9 Å². The zero-order chi connectivity index (χ0) is 53.6. The minimum absolute atomic E-state index is 0.00562. The molecule has 432 valence electrons. The summed E-state index contributed by atoms with van der Waals surface area (Å²) in [6.45, 7) is 4.84. The van der Waals surface area contributed by atoms with Gasteiger partial charge in [-0.1, -0.05) is 293 Å². The van der Waals surface area contributed by atoms with Gasteiger partial charge in [-0.15, -0.1) is 0 Å². The zero-order valence-electron chi connectivity index (χ0n) is 49.3. The maximum absolute atomic E-state index is 12.5. The number of carbonyl (C=O) groups is 2. The highest BCUT2D eigenvalue weighted by Crippen LogP contribution is 2.17. The molecule has 0 spiro atoms. The van der Waals surface area contributed by atoms with Crippen molar-refractivity contribution in [1.29, 1.82) is 0 Å². The molecule has 0 aliphatic heterocycles. The Balaban J connectivity index is 3.46. The topological polar surface area (TPSA) is 95.9 Å². The van der Waals surface area contributed by atoms with E-state index in [-0.39, 0.29) is 18.5 Å². The molecule has 0 fully saturated rings. The number of hydrogen-bond acceptors (Lipinski definition) is 5. The Morgan fingerprint density at radius 1 is 0.378 bits per heavy atom. The van der Waals surface area contributed by atoms with E-state index in [1.807, 2.05) is 6.08 Å². The summed E-state index contributed by atoms with van der Waals surface area (Å²) < 4.78 is 5.46. The largest absolute Gasteiger partial charge is 0.466 e. The SMILES string of the molecule is CCC/C=C\C/C=C\CCCCCCCC(=O)OCCCCCCCCCCC/C=C\C/C=C\CCCCCCCCCCCCCC(=O)NC(CO)C(O)/C=C/CCCCCCCCCCCCCCCCC. The second kappa shape index (κ2) is 63.1. The van der Waals surface area contributed by atoms with E-state index in [2.05, 4.69) is 67.8 Å². The molecule has 0 bridgehead atoms. The molecule has 0 aliphatic carbocycles. The molecule has 3 N–H and O–H groups in total. The number of aliphatic hydroxyl groups is 2. The van der Waals surface area contributed by atoms with Crippen LogP contribution in [-0.4, -0.2) is 47.4 Å². The molecule has 0 rings (SSSR count). The summed E-state index contributed by atoms with van der Waals surface area (Å²) in [5.41, 5.74) is 0. The van der Waals surface area contributed by atoms with Crippen LogP contribution in [0.3, 0.4) is 0 Å². The second-order valence-electron chi connectivity index (χ2n) is 22.1. The third-order valence-electron chi connectivity index (χ3n) is 14.7. The van der Waals surface area contributed by atoms with E-state index in [9.17, 15) is 19.8 Å². The van der Waals surface area contributed by atoms with Crippen LogP contribution in [0.25, 0.3) is 0 Å². The van der Waals surface area contributed by atoms with E-state index >= 15 is 0 Å².